The lowest BCUT2D eigenvalue weighted by Gasteiger charge is -2.23. The van der Waals surface area contributed by atoms with Crippen LogP contribution in [-0.4, -0.2) is 31.8 Å². The summed E-state index contributed by atoms with van der Waals surface area (Å²) in [5.74, 6) is 1.16. The van der Waals surface area contributed by atoms with Gasteiger partial charge in [0.15, 0.2) is 0 Å². The van der Waals surface area contributed by atoms with E-state index >= 15 is 0 Å². The summed E-state index contributed by atoms with van der Waals surface area (Å²) >= 11 is 0. The van der Waals surface area contributed by atoms with E-state index in [0.717, 1.165) is 52.2 Å². The normalized spacial score (nSPS) is 14.6. The Morgan fingerprint density at radius 2 is 1.68 bits per heavy atom. The quantitative estimate of drug-likeness (QED) is 0.504. The highest BCUT2D eigenvalue weighted by Gasteiger charge is 2.21. The van der Waals surface area contributed by atoms with Crippen molar-refractivity contribution in [3.63, 3.8) is 0 Å². The summed E-state index contributed by atoms with van der Waals surface area (Å²) in [7, 11) is 3.25. The number of rotatable bonds is 8. The molecule has 2 aromatic carbocycles. The topological polar surface area (TPSA) is 67.8 Å². The molecule has 0 aliphatic heterocycles. The molecule has 5 heteroatoms. The third-order valence-electron chi connectivity index (χ3n) is 6.23. The van der Waals surface area contributed by atoms with Crippen LogP contribution in [0.2, 0.25) is 0 Å². The highest BCUT2D eigenvalue weighted by Crippen LogP contribution is 2.44. The van der Waals surface area contributed by atoms with Crippen LogP contribution in [0.4, 0.5) is 5.69 Å². The standard InChI is InChI=1S/C26H33NO4/c1-17-22(14-15-23(28)29)25(30-3)18(2)24(26(17)31-4)20-10-12-21(13-11-20)27-16-19-8-6-5-7-9-19/h10-15,19,27H,5-9,16H2,1-4H3,(H,28,29)/b15-14+. The van der Waals surface area contributed by atoms with Crippen molar-refractivity contribution in [2.24, 2.45) is 5.92 Å². The van der Waals surface area contributed by atoms with Crippen LogP contribution in [-0.2, 0) is 4.79 Å². The molecule has 0 atom stereocenters. The first kappa shape index (κ1) is 22.7. The van der Waals surface area contributed by atoms with Crippen molar-refractivity contribution in [2.75, 3.05) is 26.1 Å². The van der Waals surface area contributed by atoms with E-state index in [9.17, 15) is 4.79 Å². The number of carboxylic acid groups (broad SMARTS) is 1. The largest absolute Gasteiger partial charge is 0.496 e. The molecule has 0 radical (unpaired) electrons. The lowest BCUT2D eigenvalue weighted by atomic mass is 9.89. The predicted molar refractivity (Wildman–Crippen MR) is 126 cm³/mol. The predicted octanol–water partition coefficient (Wildman–Crippen LogP) is 6.08. The Morgan fingerprint density at radius 3 is 2.26 bits per heavy atom. The fourth-order valence-corrected chi connectivity index (χ4v) is 4.60. The maximum absolute atomic E-state index is 11.0. The highest BCUT2D eigenvalue weighted by molar-refractivity contribution is 5.89. The molecule has 0 spiro atoms. The Labute approximate surface area is 185 Å². The van der Waals surface area contributed by atoms with E-state index < -0.39 is 5.97 Å². The van der Waals surface area contributed by atoms with Crippen molar-refractivity contribution < 1.29 is 19.4 Å². The van der Waals surface area contributed by atoms with Crippen LogP contribution < -0.4 is 14.8 Å². The van der Waals surface area contributed by atoms with Gasteiger partial charge in [0.25, 0.3) is 0 Å². The van der Waals surface area contributed by atoms with Crippen LogP contribution >= 0.6 is 0 Å². The van der Waals surface area contributed by atoms with E-state index in [-0.39, 0.29) is 0 Å². The first-order chi connectivity index (χ1) is 15.0. The van der Waals surface area contributed by atoms with Gasteiger partial charge in [0.05, 0.1) is 14.2 Å². The zero-order valence-electron chi connectivity index (χ0n) is 19.0. The van der Waals surface area contributed by atoms with Crippen molar-refractivity contribution in [2.45, 2.75) is 46.0 Å². The van der Waals surface area contributed by atoms with Gasteiger partial charge in [-0.25, -0.2) is 4.79 Å². The van der Waals surface area contributed by atoms with Gasteiger partial charge < -0.3 is 19.9 Å². The summed E-state index contributed by atoms with van der Waals surface area (Å²) in [6.45, 7) is 4.93. The summed E-state index contributed by atoms with van der Waals surface area (Å²) in [4.78, 5) is 11.0. The molecule has 31 heavy (non-hydrogen) atoms. The van der Waals surface area contributed by atoms with Gasteiger partial charge in [0, 0.05) is 40.6 Å². The van der Waals surface area contributed by atoms with Gasteiger partial charge in [-0.3, -0.25) is 0 Å². The summed E-state index contributed by atoms with van der Waals surface area (Å²) in [5.41, 5.74) is 5.59. The molecule has 0 saturated heterocycles. The van der Waals surface area contributed by atoms with Crippen LogP contribution in [0.5, 0.6) is 11.5 Å². The van der Waals surface area contributed by atoms with E-state index in [1.54, 1.807) is 20.3 Å². The molecule has 0 unspecified atom stereocenters. The molecule has 166 valence electrons. The Kier molecular flexibility index (Phi) is 7.61. The summed E-state index contributed by atoms with van der Waals surface area (Å²) in [5, 5.41) is 12.6. The highest BCUT2D eigenvalue weighted by atomic mass is 16.5. The SMILES string of the molecule is COc1c(C)c(-c2ccc(NCC3CCCCC3)cc2)c(OC)c(C)c1/C=C/C(=O)O. The molecule has 0 aromatic heterocycles. The van der Waals surface area contributed by atoms with E-state index in [1.807, 2.05) is 13.8 Å². The second-order valence-electron chi connectivity index (χ2n) is 8.24. The second kappa shape index (κ2) is 10.4. The van der Waals surface area contributed by atoms with Crippen molar-refractivity contribution in [3.8, 4) is 22.6 Å². The van der Waals surface area contributed by atoms with E-state index in [0.29, 0.717) is 11.3 Å². The monoisotopic (exact) mass is 423 g/mol. The molecule has 0 bridgehead atoms. The number of benzene rings is 2. The van der Waals surface area contributed by atoms with Gasteiger partial charge in [0.2, 0.25) is 0 Å². The molecule has 1 aliphatic carbocycles. The minimum absolute atomic E-state index is 0.658. The third-order valence-corrected chi connectivity index (χ3v) is 6.23. The molecule has 3 rings (SSSR count). The van der Waals surface area contributed by atoms with Gasteiger partial charge in [-0.15, -0.1) is 0 Å². The first-order valence-corrected chi connectivity index (χ1v) is 11.0. The summed E-state index contributed by atoms with van der Waals surface area (Å²) < 4.78 is 11.4. The number of hydrogen-bond donors (Lipinski definition) is 2. The lowest BCUT2D eigenvalue weighted by Crippen LogP contribution is -2.16. The number of hydrogen-bond acceptors (Lipinski definition) is 4. The fourth-order valence-electron chi connectivity index (χ4n) is 4.60. The van der Waals surface area contributed by atoms with E-state index in [4.69, 9.17) is 14.6 Å². The lowest BCUT2D eigenvalue weighted by molar-refractivity contribution is -0.131. The fraction of sp³-hybridized carbons (Fsp3) is 0.423. The number of ether oxygens (including phenoxy) is 2. The number of methoxy groups -OCH3 is 2. The number of carbonyl (C=O) groups is 1. The molecule has 2 N–H and O–H groups in total. The van der Waals surface area contributed by atoms with Crippen LogP contribution in [0.25, 0.3) is 17.2 Å². The average Bonchev–Trinajstić information content (AvgIpc) is 2.78. The number of aliphatic carboxylic acids is 1. The molecule has 5 nitrogen and oxygen atoms in total. The van der Waals surface area contributed by atoms with Gasteiger partial charge in [-0.2, -0.15) is 0 Å². The van der Waals surface area contributed by atoms with Crippen LogP contribution in [0.3, 0.4) is 0 Å². The molecular formula is C26H33NO4. The van der Waals surface area contributed by atoms with Gasteiger partial charge in [-0.1, -0.05) is 31.4 Å². The number of nitrogens with one attached hydrogen (secondary N) is 1. The minimum atomic E-state index is -1.00. The Balaban J connectivity index is 1.92. The Hall–Kier alpha value is -2.95. The molecule has 0 heterocycles. The van der Waals surface area contributed by atoms with Crippen molar-refractivity contribution in [3.05, 3.63) is 47.0 Å². The molecule has 2 aromatic rings. The van der Waals surface area contributed by atoms with Gasteiger partial charge in [-0.05, 0) is 56.4 Å². The molecule has 1 saturated carbocycles. The minimum Gasteiger partial charge on any atom is -0.496 e. The average molecular weight is 424 g/mol. The Morgan fingerprint density at radius 1 is 1.03 bits per heavy atom. The van der Waals surface area contributed by atoms with E-state index in [2.05, 4.69) is 29.6 Å². The third kappa shape index (κ3) is 5.22. The smallest absolute Gasteiger partial charge is 0.328 e. The number of anilines is 1. The first-order valence-electron chi connectivity index (χ1n) is 11.0. The maximum Gasteiger partial charge on any atom is 0.328 e. The summed E-state index contributed by atoms with van der Waals surface area (Å²) in [6, 6.07) is 8.41. The zero-order valence-corrected chi connectivity index (χ0v) is 19.0. The molecule has 0 amide bonds. The van der Waals surface area contributed by atoms with Crippen molar-refractivity contribution >= 4 is 17.7 Å². The van der Waals surface area contributed by atoms with Gasteiger partial charge >= 0.3 is 5.97 Å². The molecule has 1 aliphatic rings. The molecule has 1 fully saturated rings. The van der Waals surface area contributed by atoms with Gasteiger partial charge in [0.1, 0.15) is 11.5 Å². The second-order valence-corrected chi connectivity index (χ2v) is 8.24. The van der Waals surface area contributed by atoms with Crippen LogP contribution in [0, 0.1) is 19.8 Å². The maximum atomic E-state index is 11.0. The van der Waals surface area contributed by atoms with Crippen LogP contribution in [0.15, 0.2) is 30.3 Å². The van der Waals surface area contributed by atoms with Crippen molar-refractivity contribution in [1.82, 2.24) is 0 Å². The van der Waals surface area contributed by atoms with Crippen LogP contribution in [0.1, 0.15) is 48.8 Å². The van der Waals surface area contributed by atoms with E-state index in [1.165, 1.54) is 32.1 Å². The molecular weight excluding hydrogens is 390 g/mol. The van der Waals surface area contributed by atoms with Crippen molar-refractivity contribution in [1.29, 1.82) is 0 Å². The Bertz CT molecular complexity index is 941. The summed E-state index contributed by atoms with van der Waals surface area (Å²) in [6.07, 6.45) is 9.41. The number of carboxylic acids is 1. The zero-order chi connectivity index (χ0) is 22.4.